The number of aliphatic hydroxyl groups is 1. The fourth-order valence-electron chi connectivity index (χ4n) is 2.19. The molecule has 4 nitrogen and oxygen atoms in total. The Morgan fingerprint density at radius 1 is 1.50 bits per heavy atom. The van der Waals surface area contributed by atoms with Gasteiger partial charge in [-0.2, -0.15) is 11.3 Å². The van der Waals surface area contributed by atoms with E-state index in [0.29, 0.717) is 6.61 Å². The quantitative estimate of drug-likeness (QED) is 0.904. The van der Waals surface area contributed by atoms with E-state index >= 15 is 0 Å². The molecule has 2 heterocycles. The van der Waals surface area contributed by atoms with Gasteiger partial charge in [0.1, 0.15) is 0 Å². The van der Waals surface area contributed by atoms with Gasteiger partial charge >= 0.3 is 0 Å². The maximum absolute atomic E-state index is 12.3. The van der Waals surface area contributed by atoms with Crippen molar-refractivity contribution >= 4 is 17.2 Å². The summed E-state index contributed by atoms with van der Waals surface area (Å²) < 4.78 is 5.49. The number of piperidine rings is 1. The van der Waals surface area contributed by atoms with Crippen molar-refractivity contribution in [2.75, 3.05) is 26.3 Å². The summed E-state index contributed by atoms with van der Waals surface area (Å²) in [4.78, 5) is 14.2. The molecule has 1 aliphatic heterocycles. The van der Waals surface area contributed by atoms with E-state index in [1.807, 2.05) is 22.6 Å². The molecule has 0 saturated carbocycles. The molecule has 100 valence electrons. The molecule has 1 aromatic rings. The third kappa shape index (κ3) is 3.10. The fourth-order valence-corrected chi connectivity index (χ4v) is 3.02. The van der Waals surface area contributed by atoms with E-state index in [2.05, 4.69) is 0 Å². The number of hydrogen-bond acceptors (Lipinski definition) is 4. The highest BCUT2D eigenvalue weighted by atomic mass is 32.1. The number of thiophene rings is 1. The van der Waals surface area contributed by atoms with Crippen LogP contribution in [0.15, 0.2) is 10.8 Å². The van der Waals surface area contributed by atoms with Crippen LogP contribution in [0.1, 0.15) is 28.8 Å². The van der Waals surface area contributed by atoms with Crippen LogP contribution in [0.25, 0.3) is 0 Å². The maximum Gasteiger partial charge on any atom is 0.254 e. The lowest BCUT2D eigenvalue weighted by atomic mass is 10.1. The number of amides is 1. The number of likely N-dealkylation sites (tertiary alicyclic amines) is 1. The number of rotatable bonds is 4. The van der Waals surface area contributed by atoms with Gasteiger partial charge in [-0.1, -0.05) is 0 Å². The topological polar surface area (TPSA) is 49.8 Å². The largest absolute Gasteiger partial charge is 0.394 e. The Morgan fingerprint density at radius 2 is 2.22 bits per heavy atom. The highest BCUT2D eigenvalue weighted by Crippen LogP contribution is 2.20. The molecular weight excluding hydrogens is 250 g/mol. The van der Waals surface area contributed by atoms with Crippen LogP contribution >= 0.6 is 11.3 Å². The molecule has 1 N–H and O–H groups in total. The SMILES string of the molecule is Cc1cscc1C(=O)N1CCC(OCCO)CC1. The molecule has 0 radical (unpaired) electrons. The number of aliphatic hydroxyl groups excluding tert-OH is 1. The van der Waals surface area contributed by atoms with Crippen molar-refractivity contribution in [2.24, 2.45) is 0 Å². The Labute approximate surface area is 111 Å². The van der Waals surface area contributed by atoms with Gasteiger partial charge < -0.3 is 14.7 Å². The summed E-state index contributed by atoms with van der Waals surface area (Å²) in [5.74, 6) is 0.134. The predicted molar refractivity (Wildman–Crippen MR) is 71.0 cm³/mol. The molecule has 1 aromatic heterocycles. The monoisotopic (exact) mass is 269 g/mol. The van der Waals surface area contributed by atoms with Gasteiger partial charge in [0.15, 0.2) is 0 Å². The summed E-state index contributed by atoms with van der Waals surface area (Å²) in [7, 11) is 0. The Morgan fingerprint density at radius 3 is 2.78 bits per heavy atom. The van der Waals surface area contributed by atoms with Crippen LogP contribution in [0, 0.1) is 6.92 Å². The number of carbonyl (C=O) groups is 1. The average molecular weight is 269 g/mol. The summed E-state index contributed by atoms with van der Waals surface area (Å²) in [6.07, 6.45) is 1.90. The third-order valence-electron chi connectivity index (χ3n) is 3.26. The molecule has 0 unspecified atom stereocenters. The molecule has 1 aliphatic rings. The molecule has 18 heavy (non-hydrogen) atoms. The van der Waals surface area contributed by atoms with Crippen molar-refractivity contribution in [3.05, 3.63) is 21.9 Å². The predicted octanol–water partition coefficient (Wildman–Crippen LogP) is 1.67. The lowest BCUT2D eigenvalue weighted by Gasteiger charge is -2.31. The molecular formula is C13H19NO3S. The molecule has 1 fully saturated rings. The fraction of sp³-hybridized carbons (Fsp3) is 0.615. The second-order valence-electron chi connectivity index (χ2n) is 4.55. The van der Waals surface area contributed by atoms with Gasteiger partial charge in [-0.3, -0.25) is 4.79 Å². The van der Waals surface area contributed by atoms with Crippen LogP contribution in [0.4, 0.5) is 0 Å². The van der Waals surface area contributed by atoms with Gasteiger partial charge in [-0.15, -0.1) is 0 Å². The molecule has 0 atom stereocenters. The zero-order valence-corrected chi connectivity index (χ0v) is 11.4. The first kappa shape index (κ1) is 13.5. The Balaban J connectivity index is 1.86. The minimum Gasteiger partial charge on any atom is -0.394 e. The Hall–Kier alpha value is -0.910. The summed E-state index contributed by atoms with van der Waals surface area (Å²) in [5, 5.41) is 12.6. The molecule has 0 spiro atoms. The zero-order chi connectivity index (χ0) is 13.0. The third-order valence-corrected chi connectivity index (χ3v) is 4.12. The normalized spacial score (nSPS) is 17.1. The van der Waals surface area contributed by atoms with Crippen LogP contribution in [-0.4, -0.2) is 48.3 Å². The standard InChI is InChI=1S/C13H19NO3S/c1-10-8-18-9-12(10)13(16)14-4-2-11(3-5-14)17-7-6-15/h8-9,11,15H,2-7H2,1H3. The molecule has 0 bridgehead atoms. The summed E-state index contributed by atoms with van der Waals surface area (Å²) in [5.41, 5.74) is 1.89. The van der Waals surface area contributed by atoms with Crippen molar-refractivity contribution in [3.8, 4) is 0 Å². The number of ether oxygens (including phenoxy) is 1. The first-order chi connectivity index (χ1) is 8.72. The summed E-state index contributed by atoms with van der Waals surface area (Å²) in [6, 6.07) is 0. The van der Waals surface area contributed by atoms with Gasteiger partial charge in [0, 0.05) is 18.5 Å². The van der Waals surface area contributed by atoms with Crippen LogP contribution in [0.5, 0.6) is 0 Å². The van der Waals surface area contributed by atoms with Gasteiger partial charge in [-0.25, -0.2) is 0 Å². The van der Waals surface area contributed by atoms with E-state index in [4.69, 9.17) is 9.84 Å². The first-order valence-electron chi connectivity index (χ1n) is 6.27. The van der Waals surface area contributed by atoms with Crippen molar-refractivity contribution < 1.29 is 14.6 Å². The number of aryl methyl sites for hydroxylation is 1. The molecule has 2 rings (SSSR count). The van der Waals surface area contributed by atoms with Gasteiger partial charge in [0.05, 0.1) is 24.9 Å². The van der Waals surface area contributed by atoms with Gasteiger partial charge in [0.2, 0.25) is 0 Å². The Bertz CT molecular complexity index is 397. The smallest absolute Gasteiger partial charge is 0.254 e. The van der Waals surface area contributed by atoms with E-state index in [1.165, 1.54) is 0 Å². The molecule has 0 aliphatic carbocycles. The molecule has 1 amide bonds. The lowest BCUT2D eigenvalue weighted by Crippen LogP contribution is -2.41. The van der Waals surface area contributed by atoms with Gasteiger partial charge in [-0.05, 0) is 30.7 Å². The maximum atomic E-state index is 12.3. The highest BCUT2D eigenvalue weighted by molar-refractivity contribution is 7.08. The lowest BCUT2D eigenvalue weighted by molar-refractivity contribution is -0.00554. The van der Waals surface area contributed by atoms with E-state index in [-0.39, 0.29) is 18.6 Å². The van der Waals surface area contributed by atoms with E-state index < -0.39 is 0 Å². The summed E-state index contributed by atoms with van der Waals surface area (Å²) in [6.45, 7) is 3.91. The number of hydrogen-bond donors (Lipinski definition) is 1. The second-order valence-corrected chi connectivity index (χ2v) is 5.30. The van der Waals surface area contributed by atoms with Crippen molar-refractivity contribution in [3.63, 3.8) is 0 Å². The molecule has 0 aromatic carbocycles. The highest BCUT2D eigenvalue weighted by Gasteiger charge is 2.24. The molecule has 5 heteroatoms. The van der Waals surface area contributed by atoms with E-state index in [0.717, 1.165) is 37.1 Å². The Kier molecular flexibility index (Phi) is 4.74. The van der Waals surface area contributed by atoms with Crippen LogP contribution < -0.4 is 0 Å². The average Bonchev–Trinajstić information content (AvgIpc) is 2.82. The first-order valence-corrected chi connectivity index (χ1v) is 7.21. The summed E-state index contributed by atoms with van der Waals surface area (Å²) >= 11 is 1.57. The van der Waals surface area contributed by atoms with Crippen LogP contribution in [-0.2, 0) is 4.74 Å². The van der Waals surface area contributed by atoms with Crippen LogP contribution in [0.3, 0.4) is 0 Å². The van der Waals surface area contributed by atoms with Gasteiger partial charge in [0.25, 0.3) is 5.91 Å². The molecule has 1 saturated heterocycles. The van der Waals surface area contributed by atoms with Crippen molar-refractivity contribution in [1.82, 2.24) is 4.90 Å². The minimum absolute atomic E-state index is 0.0627. The number of nitrogens with zero attached hydrogens (tertiary/aromatic N) is 1. The second kappa shape index (κ2) is 6.31. The van der Waals surface area contributed by atoms with E-state index in [9.17, 15) is 4.79 Å². The van der Waals surface area contributed by atoms with Crippen molar-refractivity contribution in [2.45, 2.75) is 25.9 Å². The number of carbonyl (C=O) groups excluding carboxylic acids is 1. The van der Waals surface area contributed by atoms with Crippen molar-refractivity contribution in [1.29, 1.82) is 0 Å². The van der Waals surface area contributed by atoms with Crippen LogP contribution in [0.2, 0.25) is 0 Å². The minimum atomic E-state index is 0.0627. The zero-order valence-electron chi connectivity index (χ0n) is 10.6. The van der Waals surface area contributed by atoms with E-state index in [1.54, 1.807) is 11.3 Å².